The second kappa shape index (κ2) is 9.70. The van der Waals surface area contributed by atoms with Crippen LogP contribution in [0.2, 0.25) is 10.0 Å². The largest absolute Gasteiger partial charge is 0.320 e. The molecule has 5 heteroatoms. The number of nitriles is 1. The summed E-state index contributed by atoms with van der Waals surface area (Å²) in [5.74, 6) is -0.516. The van der Waals surface area contributed by atoms with Crippen LogP contribution in [-0.2, 0) is 11.2 Å². The Morgan fingerprint density at radius 3 is 2.28 bits per heavy atom. The van der Waals surface area contributed by atoms with Crippen LogP contribution in [0.1, 0.15) is 16.7 Å². The Labute approximate surface area is 196 Å². The van der Waals surface area contributed by atoms with Gasteiger partial charge in [0.2, 0.25) is 0 Å². The molecule has 0 spiro atoms. The Hall–Kier alpha value is -3.58. The number of amides is 1. The second-order valence-electron chi connectivity index (χ2n) is 7.23. The molecule has 0 aliphatic heterocycles. The van der Waals surface area contributed by atoms with Crippen molar-refractivity contribution in [3.05, 3.63) is 117 Å². The van der Waals surface area contributed by atoms with Crippen molar-refractivity contribution in [3.8, 4) is 6.07 Å². The summed E-state index contributed by atoms with van der Waals surface area (Å²) in [6.45, 7) is 0. The van der Waals surface area contributed by atoms with Gasteiger partial charge in [0.1, 0.15) is 11.6 Å². The third-order valence-electron chi connectivity index (χ3n) is 5.18. The first-order valence-corrected chi connectivity index (χ1v) is 10.7. The monoisotopic (exact) mass is 456 g/mol. The summed E-state index contributed by atoms with van der Waals surface area (Å²) in [6.07, 6.45) is 2.21. The molecule has 4 aromatic carbocycles. The predicted molar refractivity (Wildman–Crippen MR) is 132 cm³/mol. The van der Waals surface area contributed by atoms with Crippen LogP contribution in [-0.4, -0.2) is 5.91 Å². The standard InChI is InChI=1S/C27H18Cl2N2O/c28-24-10-4-2-8-20(24)15-19-14-13-18-7-1-3-9-22(18)23(19)16-21(17-30)27(32)31-26-12-6-5-11-25(26)29/h1-14,16H,15H2,(H,31,32)/b21-16+. The summed E-state index contributed by atoms with van der Waals surface area (Å²) >= 11 is 12.5. The summed E-state index contributed by atoms with van der Waals surface area (Å²) in [5.41, 5.74) is 3.19. The smallest absolute Gasteiger partial charge is 0.266 e. The van der Waals surface area contributed by atoms with Gasteiger partial charge in [0.05, 0.1) is 10.7 Å². The van der Waals surface area contributed by atoms with Crippen LogP contribution in [0.25, 0.3) is 16.8 Å². The van der Waals surface area contributed by atoms with E-state index in [1.54, 1.807) is 30.3 Å². The second-order valence-corrected chi connectivity index (χ2v) is 8.05. The van der Waals surface area contributed by atoms with Crippen molar-refractivity contribution in [3.63, 3.8) is 0 Å². The van der Waals surface area contributed by atoms with E-state index in [4.69, 9.17) is 23.2 Å². The molecule has 0 aromatic heterocycles. The summed E-state index contributed by atoms with van der Waals surface area (Å²) in [7, 11) is 0. The molecule has 156 valence electrons. The quantitative estimate of drug-likeness (QED) is 0.253. The number of halogens is 2. The van der Waals surface area contributed by atoms with E-state index in [1.165, 1.54) is 0 Å². The van der Waals surface area contributed by atoms with Crippen LogP contribution in [0.4, 0.5) is 5.69 Å². The van der Waals surface area contributed by atoms with Crippen LogP contribution in [0.3, 0.4) is 0 Å². The van der Waals surface area contributed by atoms with Crippen LogP contribution in [0.15, 0.2) is 90.5 Å². The summed E-state index contributed by atoms with van der Waals surface area (Å²) < 4.78 is 0. The number of anilines is 1. The van der Waals surface area contributed by atoms with E-state index in [1.807, 2.05) is 66.7 Å². The van der Waals surface area contributed by atoms with Crippen LogP contribution < -0.4 is 5.32 Å². The lowest BCUT2D eigenvalue weighted by Gasteiger charge is -2.12. The Morgan fingerprint density at radius 1 is 0.844 bits per heavy atom. The molecule has 0 aliphatic carbocycles. The first-order chi connectivity index (χ1) is 15.6. The van der Waals surface area contributed by atoms with E-state index in [2.05, 4.69) is 5.32 Å². The topological polar surface area (TPSA) is 52.9 Å². The number of hydrogen-bond acceptors (Lipinski definition) is 2. The molecule has 1 N–H and O–H groups in total. The molecule has 0 atom stereocenters. The fourth-order valence-electron chi connectivity index (χ4n) is 3.56. The van der Waals surface area contributed by atoms with Crippen molar-refractivity contribution < 1.29 is 4.79 Å². The van der Waals surface area contributed by atoms with Gasteiger partial charge in [-0.05, 0) is 58.2 Å². The number of nitrogens with zero attached hydrogens (tertiary/aromatic N) is 1. The minimum Gasteiger partial charge on any atom is -0.320 e. The highest BCUT2D eigenvalue weighted by Crippen LogP contribution is 2.29. The molecular formula is C27H18Cl2N2O. The van der Waals surface area contributed by atoms with Crippen LogP contribution in [0.5, 0.6) is 0 Å². The van der Waals surface area contributed by atoms with Crippen molar-refractivity contribution in [2.75, 3.05) is 5.32 Å². The number of benzene rings is 4. The van der Waals surface area contributed by atoms with Crippen molar-refractivity contribution >= 4 is 51.6 Å². The van der Waals surface area contributed by atoms with E-state index in [0.717, 1.165) is 27.5 Å². The zero-order chi connectivity index (χ0) is 22.5. The van der Waals surface area contributed by atoms with Gasteiger partial charge in [-0.3, -0.25) is 4.79 Å². The first-order valence-electron chi connectivity index (χ1n) is 9.98. The number of carbonyl (C=O) groups excluding carboxylic acids is 1. The maximum absolute atomic E-state index is 12.9. The highest BCUT2D eigenvalue weighted by Gasteiger charge is 2.15. The van der Waals surface area contributed by atoms with Gasteiger partial charge in [0, 0.05) is 5.02 Å². The van der Waals surface area contributed by atoms with Gasteiger partial charge in [0.15, 0.2) is 0 Å². The SMILES string of the molecule is N#C/C(=C\c1c(Cc2ccccc2Cl)ccc2ccccc12)C(=O)Nc1ccccc1Cl. The maximum atomic E-state index is 12.9. The van der Waals surface area contributed by atoms with Gasteiger partial charge < -0.3 is 5.32 Å². The Morgan fingerprint density at radius 2 is 1.53 bits per heavy atom. The highest BCUT2D eigenvalue weighted by atomic mass is 35.5. The van der Waals surface area contributed by atoms with Gasteiger partial charge in [-0.25, -0.2) is 0 Å². The molecule has 4 aromatic rings. The van der Waals surface area contributed by atoms with Gasteiger partial charge in [-0.15, -0.1) is 0 Å². The molecule has 0 saturated carbocycles. The Balaban J connectivity index is 1.79. The molecule has 0 bridgehead atoms. The minimum atomic E-state index is -0.516. The lowest BCUT2D eigenvalue weighted by molar-refractivity contribution is -0.112. The highest BCUT2D eigenvalue weighted by molar-refractivity contribution is 6.34. The van der Waals surface area contributed by atoms with E-state index in [-0.39, 0.29) is 5.57 Å². The van der Waals surface area contributed by atoms with E-state index >= 15 is 0 Å². The molecule has 1 amide bonds. The Bertz CT molecular complexity index is 1390. The molecule has 0 aliphatic rings. The van der Waals surface area contributed by atoms with Gasteiger partial charge >= 0.3 is 0 Å². The summed E-state index contributed by atoms with van der Waals surface area (Å²) in [6, 6.07) is 28.5. The fraction of sp³-hybridized carbons (Fsp3) is 0.0370. The van der Waals surface area contributed by atoms with Crippen molar-refractivity contribution in [1.29, 1.82) is 5.26 Å². The van der Waals surface area contributed by atoms with E-state index in [0.29, 0.717) is 22.2 Å². The lowest BCUT2D eigenvalue weighted by atomic mass is 9.93. The van der Waals surface area contributed by atoms with Crippen LogP contribution >= 0.6 is 23.2 Å². The molecular weight excluding hydrogens is 439 g/mol. The third kappa shape index (κ3) is 4.68. The Kier molecular flexibility index (Phi) is 6.56. The maximum Gasteiger partial charge on any atom is 0.266 e. The normalized spacial score (nSPS) is 11.2. The molecule has 4 rings (SSSR count). The number of fused-ring (bicyclic) bond motifs is 1. The average molecular weight is 457 g/mol. The van der Waals surface area contributed by atoms with Gasteiger partial charge in [-0.1, -0.05) is 89.9 Å². The first kappa shape index (κ1) is 21.6. The zero-order valence-electron chi connectivity index (χ0n) is 17.0. The van der Waals surface area contributed by atoms with Gasteiger partial charge in [-0.2, -0.15) is 5.26 Å². The molecule has 0 fully saturated rings. The van der Waals surface area contributed by atoms with Crippen LogP contribution in [0, 0.1) is 11.3 Å². The third-order valence-corrected chi connectivity index (χ3v) is 5.87. The van der Waals surface area contributed by atoms with Gasteiger partial charge in [0.25, 0.3) is 5.91 Å². The molecule has 0 heterocycles. The molecule has 3 nitrogen and oxygen atoms in total. The summed E-state index contributed by atoms with van der Waals surface area (Å²) in [5, 5.41) is 15.5. The lowest BCUT2D eigenvalue weighted by Crippen LogP contribution is -2.14. The molecule has 0 unspecified atom stereocenters. The van der Waals surface area contributed by atoms with Crippen molar-refractivity contribution in [2.45, 2.75) is 6.42 Å². The number of hydrogen-bond donors (Lipinski definition) is 1. The predicted octanol–water partition coefficient (Wildman–Crippen LogP) is 7.28. The number of rotatable bonds is 5. The van der Waals surface area contributed by atoms with Crippen molar-refractivity contribution in [1.82, 2.24) is 0 Å². The number of para-hydroxylation sites is 1. The number of carbonyl (C=O) groups is 1. The van der Waals surface area contributed by atoms with Crippen molar-refractivity contribution in [2.24, 2.45) is 0 Å². The van der Waals surface area contributed by atoms with E-state index in [9.17, 15) is 10.1 Å². The zero-order valence-corrected chi connectivity index (χ0v) is 18.5. The summed E-state index contributed by atoms with van der Waals surface area (Å²) in [4.78, 5) is 12.9. The van der Waals surface area contributed by atoms with E-state index < -0.39 is 5.91 Å². The average Bonchev–Trinajstić information content (AvgIpc) is 2.81. The minimum absolute atomic E-state index is 0.0123. The molecule has 32 heavy (non-hydrogen) atoms. The molecule has 0 radical (unpaired) electrons. The fourth-order valence-corrected chi connectivity index (χ4v) is 3.94. The number of nitrogens with one attached hydrogen (secondary N) is 1. The molecule has 0 saturated heterocycles.